The van der Waals surface area contributed by atoms with E-state index in [1.165, 1.54) is 12.1 Å². The fourth-order valence-corrected chi connectivity index (χ4v) is 6.37. The van der Waals surface area contributed by atoms with Crippen molar-refractivity contribution >= 4 is 11.8 Å². The molecule has 1 unspecified atom stereocenters. The van der Waals surface area contributed by atoms with Gasteiger partial charge in [-0.25, -0.2) is 9.37 Å². The number of hydrogen-bond acceptors (Lipinski definition) is 8. The van der Waals surface area contributed by atoms with Gasteiger partial charge in [-0.05, 0) is 70.4 Å². The first-order valence-electron chi connectivity index (χ1n) is 15.1. The Kier molecular flexibility index (Phi) is 9.54. The lowest BCUT2D eigenvalue weighted by atomic mass is 9.81. The van der Waals surface area contributed by atoms with Crippen LogP contribution in [0.15, 0.2) is 18.2 Å². The van der Waals surface area contributed by atoms with Gasteiger partial charge in [0.05, 0.1) is 25.4 Å². The third-order valence-corrected chi connectivity index (χ3v) is 9.11. The number of pyridine rings is 1. The van der Waals surface area contributed by atoms with E-state index in [2.05, 4.69) is 5.32 Å². The van der Waals surface area contributed by atoms with Crippen molar-refractivity contribution in [1.82, 2.24) is 9.88 Å². The number of aryl methyl sites for hydroxylation is 1. The molecule has 0 aliphatic carbocycles. The topological polar surface area (TPSA) is 102 Å². The number of nitrogens with one attached hydrogen (secondary N) is 1. The lowest BCUT2D eigenvalue weighted by Crippen LogP contribution is -2.41. The summed E-state index contributed by atoms with van der Waals surface area (Å²) >= 11 is 0. The van der Waals surface area contributed by atoms with E-state index in [1.54, 1.807) is 14.2 Å². The second-order valence-corrected chi connectivity index (χ2v) is 12.1. The van der Waals surface area contributed by atoms with Gasteiger partial charge < -0.3 is 29.4 Å². The Hall–Kier alpha value is -2.95. The number of fused-ring (bicyclic) bond motifs is 2. The largest absolute Gasteiger partial charge is 0.496 e. The van der Waals surface area contributed by atoms with E-state index in [-0.39, 0.29) is 12.0 Å². The molecule has 230 valence electrons. The minimum Gasteiger partial charge on any atom is -0.496 e. The van der Waals surface area contributed by atoms with Crippen molar-refractivity contribution in [3.8, 4) is 11.5 Å². The number of ether oxygens (including phenoxy) is 4. The van der Waals surface area contributed by atoms with Crippen LogP contribution in [0.4, 0.5) is 10.2 Å². The molecule has 1 saturated heterocycles. The van der Waals surface area contributed by atoms with Crippen molar-refractivity contribution < 1.29 is 33.2 Å². The molecule has 0 bridgehead atoms. The van der Waals surface area contributed by atoms with Crippen molar-refractivity contribution in [2.75, 3.05) is 52.4 Å². The Morgan fingerprint density at radius 3 is 2.86 bits per heavy atom. The van der Waals surface area contributed by atoms with E-state index in [4.69, 9.17) is 23.9 Å². The van der Waals surface area contributed by atoms with Crippen LogP contribution in [0.1, 0.15) is 68.0 Å². The molecule has 1 aromatic carbocycles. The quantitative estimate of drug-likeness (QED) is 0.340. The molecule has 2 aromatic rings. The first-order chi connectivity index (χ1) is 20.2. The average Bonchev–Trinajstić information content (AvgIpc) is 3.44. The van der Waals surface area contributed by atoms with Crippen molar-refractivity contribution in [3.05, 3.63) is 46.4 Å². The number of methoxy groups -OCH3 is 2. The van der Waals surface area contributed by atoms with E-state index >= 15 is 0 Å². The maximum Gasteiger partial charge on any atom is 0.325 e. The van der Waals surface area contributed by atoms with Crippen LogP contribution in [0.25, 0.3) is 0 Å². The van der Waals surface area contributed by atoms with Crippen LogP contribution in [-0.4, -0.2) is 79.7 Å². The summed E-state index contributed by atoms with van der Waals surface area (Å²) in [7, 11) is 3.36. The minimum absolute atomic E-state index is 0.0113. The Labute approximate surface area is 247 Å². The summed E-state index contributed by atoms with van der Waals surface area (Å²) in [5, 5.41) is 13.7. The van der Waals surface area contributed by atoms with Gasteiger partial charge in [0.25, 0.3) is 0 Å². The van der Waals surface area contributed by atoms with Crippen molar-refractivity contribution in [3.63, 3.8) is 0 Å². The third-order valence-electron chi connectivity index (χ3n) is 9.11. The third kappa shape index (κ3) is 6.66. The molecule has 4 heterocycles. The molecule has 1 aromatic heterocycles. The smallest absolute Gasteiger partial charge is 0.325 e. The summed E-state index contributed by atoms with van der Waals surface area (Å²) in [6, 6.07) is 3.78. The van der Waals surface area contributed by atoms with Gasteiger partial charge in [0, 0.05) is 68.2 Å². The number of aromatic nitrogens is 1. The number of unbranched alkanes of at least 4 members (excludes halogenated alkanes) is 1. The summed E-state index contributed by atoms with van der Waals surface area (Å²) in [4.78, 5) is 19.3. The van der Waals surface area contributed by atoms with E-state index in [0.29, 0.717) is 44.0 Å². The molecule has 0 spiro atoms. The van der Waals surface area contributed by atoms with Gasteiger partial charge >= 0.3 is 5.97 Å². The van der Waals surface area contributed by atoms with Gasteiger partial charge in [-0.2, -0.15) is 0 Å². The summed E-state index contributed by atoms with van der Waals surface area (Å²) in [5.41, 5.74) is 2.91. The molecule has 3 aliphatic rings. The molecular weight excluding hydrogens is 541 g/mol. The number of rotatable bonds is 12. The molecule has 0 amide bonds. The zero-order valence-electron chi connectivity index (χ0n) is 25.2. The van der Waals surface area contributed by atoms with Crippen LogP contribution in [0.5, 0.6) is 11.5 Å². The van der Waals surface area contributed by atoms with Gasteiger partial charge in [-0.1, -0.05) is 0 Å². The van der Waals surface area contributed by atoms with E-state index < -0.39 is 23.4 Å². The van der Waals surface area contributed by atoms with Gasteiger partial charge in [-0.15, -0.1) is 0 Å². The molecule has 9 nitrogen and oxygen atoms in total. The highest BCUT2D eigenvalue weighted by Gasteiger charge is 2.40. The highest BCUT2D eigenvalue weighted by atomic mass is 19.1. The first-order valence-corrected chi connectivity index (χ1v) is 15.1. The number of halogens is 1. The number of hydrogen-bond donors (Lipinski definition) is 2. The van der Waals surface area contributed by atoms with E-state index in [9.17, 15) is 14.3 Å². The maximum atomic E-state index is 14.7. The standard InChI is InChI=1S/C32H44FN3O6/c1-32(2,40-4)20-14-25-26(15-21(33)16-28(25)42-19-20)29(31(37)38)36-12-10-23(18-36)41-13-6-5-8-22-17-27(39-3)24-9-7-11-34-30(24)35-22/h15-17,20,23,29H,5-14,18-19H2,1-4H3,(H,34,35)(H,37,38)/t20?,23-,29-/m1/s1. The van der Waals surface area contributed by atoms with Crippen LogP contribution in [0, 0.1) is 11.7 Å². The normalized spacial score (nSPS) is 21.2. The number of likely N-dealkylation sites (tertiary alicyclic amines) is 1. The molecule has 3 aliphatic heterocycles. The number of carboxylic acids is 1. The number of carbonyl (C=O) groups is 1. The number of aliphatic carboxylic acids is 1. The van der Waals surface area contributed by atoms with Gasteiger partial charge in [-0.3, -0.25) is 9.69 Å². The number of nitrogens with zero attached hydrogens (tertiary/aromatic N) is 2. The van der Waals surface area contributed by atoms with Crippen molar-refractivity contribution in [2.45, 2.75) is 76.5 Å². The van der Waals surface area contributed by atoms with Crippen molar-refractivity contribution in [1.29, 1.82) is 0 Å². The first kappa shape index (κ1) is 30.5. The van der Waals surface area contributed by atoms with E-state index in [1.807, 2.05) is 24.8 Å². The Morgan fingerprint density at radius 1 is 1.26 bits per heavy atom. The lowest BCUT2D eigenvalue weighted by Gasteiger charge is -2.38. The predicted octanol–water partition coefficient (Wildman–Crippen LogP) is 4.80. The summed E-state index contributed by atoms with van der Waals surface area (Å²) in [6.07, 6.45) is 5.92. The number of carboxylic acid groups (broad SMARTS) is 1. The number of benzene rings is 1. The van der Waals surface area contributed by atoms with Crippen molar-refractivity contribution in [2.24, 2.45) is 5.92 Å². The fourth-order valence-electron chi connectivity index (χ4n) is 6.37. The second kappa shape index (κ2) is 13.1. The highest BCUT2D eigenvalue weighted by Crippen LogP contribution is 2.40. The van der Waals surface area contributed by atoms with E-state index in [0.717, 1.165) is 73.5 Å². The van der Waals surface area contributed by atoms with Crippen LogP contribution < -0.4 is 14.8 Å². The van der Waals surface area contributed by atoms with Gasteiger partial charge in [0.2, 0.25) is 0 Å². The monoisotopic (exact) mass is 585 g/mol. The lowest BCUT2D eigenvalue weighted by molar-refractivity contribution is -0.143. The Morgan fingerprint density at radius 2 is 2.10 bits per heavy atom. The summed E-state index contributed by atoms with van der Waals surface area (Å²) in [5.74, 6) is 0.786. The van der Waals surface area contributed by atoms with Crippen LogP contribution >= 0.6 is 0 Å². The molecule has 2 N–H and O–H groups in total. The molecular formula is C32H44FN3O6. The maximum absolute atomic E-state index is 14.7. The minimum atomic E-state index is -1.00. The average molecular weight is 586 g/mol. The predicted molar refractivity (Wildman–Crippen MR) is 157 cm³/mol. The highest BCUT2D eigenvalue weighted by molar-refractivity contribution is 5.77. The van der Waals surface area contributed by atoms with Crippen LogP contribution in [0.2, 0.25) is 0 Å². The van der Waals surface area contributed by atoms with Gasteiger partial charge in [0.1, 0.15) is 29.2 Å². The van der Waals surface area contributed by atoms with Gasteiger partial charge in [0.15, 0.2) is 0 Å². The Balaban J connectivity index is 1.17. The molecule has 10 heteroatoms. The fraction of sp³-hybridized carbons (Fsp3) is 0.625. The SMILES string of the molecule is COc1cc(CCCCO[C@@H]2CCN([C@@H](C(=O)O)c3cc(F)cc4c3CC(C(C)(C)OC)CO4)C2)nc2c1CCCN2. The zero-order valence-corrected chi connectivity index (χ0v) is 25.2. The molecule has 42 heavy (non-hydrogen) atoms. The second-order valence-electron chi connectivity index (χ2n) is 12.1. The molecule has 1 fully saturated rings. The Bertz CT molecular complexity index is 1250. The summed E-state index contributed by atoms with van der Waals surface area (Å²) in [6.45, 7) is 6.93. The zero-order chi connectivity index (χ0) is 29.9. The molecule has 0 saturated carbocycles. The van der Waals surface area contributed by atoms with Crippen LogP contribution in [-0.2, 0) is 33.5 Å². The molecule has 0 radical (unpaired) electrons. The van der Waals surface area contributed by atoms with Crippen LogP contribution in [0.3, 0.4) is 0 Å². The molecule has 3 atom stereocenters. The summed E-state index contributed by atoms with van der Waals surface area (Å²) < 4.78 is 38.1. The molecule has 5 rings (SSSR count). The number of anilines is 1.